The maximum absolute atomic E-state index is 13.1. The number of rotatable bonds is 4. The van der Waals surface area contributed by atoms with Crippen LogP contribution in [0.1, 0.15) is 21.7 Å². The molecule has 0 unspecified atom stereocenters. The molecule has 0 bridgehead atoms. The highest BCUT2D eigenvalue weighted by Crippen LogP contribution is 2.23. The van der Waals surface area contributed by atoms with E-state index in [1.54, 1.807) is 0 Å². The number of fused-ring (bicyclic) bond motifs is 1. The van der Waals surface area contributed by atoms with Crippen LogP contribution in [0.25, 0.3) is 22.7 Å². The quantitative estimate of drug-likeness (QED) is 0.425. The van der Waals surface area contributed by atoms with Gasteiger partial charge < -0.3 is 4.98 Å². The van der Waals surface area contributed by atoms with Crippen molar-refractivity contribution in [2.24, 2.45) is 0 Å². The van der Waals surface area contributed by atoms with E-state index in [-0.39, 0.29) is 5.78 Å². The van der Waals surface area contributed by atoms with Crippen molar-refractivity contribution in [2.45, 2.75) is 0 Å². The van der Waals surface area contributed by atoms with Crippen LogP contribution in [0.5, 0.6) is 0 Å². The zero-order valence-electron chi connectivity index (χ0n) is 13.5. The molecule has 4 aromatic rings. The average molecular weight is 324 g/mol. The predicted octanol–water partition coefficient (Wildman–Crippen LogP) is 4.99. The highest BCUT2D eigenvalue weighted by molar-refractivity contribution is 6.31. The van der Waals surface area contributed by atoms with Crippen molar-refractivity contribution in [3.63, 3.8) is 0 Å². The number of hydrogen-bond acceptors (Lipinski definition) is 2. The van der Waals surface area contributed by atoms with Gasteiger partial charge in [-0.25, -0.2) is 4.98 Å². The lowest BCUT2D eigenvalue weighted by molar-refractivity contribution is 0.105. The summed E-state index contributed by atoms with van der Waals surface area (Å²) in [5, 5.41) is 0. The number of aromatic nitrogens is 2. The third-order valence-electron chi connectivity index (χ3n) is 4.04. The van der Waals surface area contributed by atoms with Crippen LogP contribution in [-0.4, -0.2) is 15.8 Å². The van der Waals surface area contributed by atoms with Gasteiger partial charge in [0.1, 0.15) is 5.82 Å². The topological polar surface area (TPSA) is 45.8 Å². The Bertz CT molecular complexity index is 1010. The van der Waals surface area contributed by atoms with E-state index in [0.29, 0.717) is 17.0 Å². The fourth-order valence-electron chi connectivity index (χ4n) is 2.78. The summed E-state index contributed by atoms with van der Waals surface area (Å²) in [5.41, 5.74) is 3.91. The van der Waals surface area contributed by atoms with E-state index in [1.165, 1.54) is 0 Å². The van der Waals surface area contributed by atoms with Gasteiger partial charge in [-0.3, -0.25) is 4.79 Å². The lowest BCUT2D eigenvalue weighted by atomic mass is 10.0. The summed E-state index contributed by atoms with van der Waals surface area (Å²) in [4.78, 5) is 21.0. The van der Waals surface area contributed by atoms with Crippen molar-refractivity contribution >= 4 is 28.5 Å². The van der Waals surface area contributed by atoms with Crippen LogP contribution >= 0.6 is 0 Å². The molecule has 0 atom stereocenters. The number of benzene rings is 3. The van der Waals surface area contributed by atoms with Crippen LogP contribution in [0.4, 0.5) is 0 Å². The van der Waals surface area contributed by atoms with Gasteiger partial charge in [0.05, 0.1) is 16.6 Å². The smallest absolute Gasteiger partial charge is 0.196 e. The zero-order valence-corrected chi connectivity index (χ0v) is 13.5. The van der Waals surface area contributed by atoms with Gasteiger partial charge in [0.15, 0.2) is 5.78 Å². The standard InChI is InChI=1S/C22H16N2O/c25-21(17-11-5-2-6-12-17)18(15-16-9-3-1-4-10-16)22-23-19-13-7-8-14-20(19)24-22/h1-15H,(H,23,24). The highest BCUT2D eigenvalue weighted by Gasteiger charge is 2.17. The molecule has 1 aromatic heterocycles. The first-order chi connectivity index (χ1) is 12.3. The minimum Gasteiger partial charge on any atom is -0.338 e. The number of hydrogen-bond donors (Lipinski definition) is 1. The summed E-state index contributed by atoms with van der Waals surface area (Å²) < 4.78 is 0. The van der Waals surface area contributed by atoms with Crippen molar-refractivity contribution in [1.82, 2.24) is 9.97 Å². The van der Waals surface area contributed by atoms with Crippen molar-refractivity contribution in [3.05, 3.63) is 102 Å². The fraction of sp³-hybridized carbons (Fsp3) is 0. The molecule has 4 rings (SSSR count). The number of ketones is 1. The van der Waals surface area contributed by atoms with Gasteiger partial charge in [0.25, 0.3) is 0 Å². The molecule has 0 amide bonds. The number of imidazole rings is 1. The lowest BCUT2D eigenvalue weighted by Gasteiger charge is -2.05. The van der Waals surface area contributed by atoms with Crippen LogP contribution in [0, 0.1) is 0 Å². The van der Waals surface area contributed by atoms with Crippen LogP contribution in [-0.2, 0) is 0 Å². The maximum atomic E-state index is 13.1. The molecule has 0 saturated carbocycles. The summed E-state index contributed by atoms with van der Waals surface area (Å²) in [6.07, 6.45) is 1.88. The molecule has 1 N–H and O–H groups in total. The fourth-order valence-corrected chi connectivity index (χ4v) is 2.78. The molecule has 3 aromatic carbocycles. The summed E-state index contributed by atoms with van der Waals surface area (Å²) in [6, 6.07) is 26.9. The molecule has 0 aliphatic carbocycles. The molecule has 3 nitrogen and oxygen atoms in total. The van der Waals surface area contributed by atoms with Gasteiger partial charge in [-0.2, -0.15) is 0 Å². The molecule has 0 aliphatic rings. The van der Waals surface area contributed by atoms with Gasteiger partial charge in [-0.05, 0) is 23.8 Å². The molecule has 3 heteroatoms. The number of nitrogens with one attached hydrogen (secondary N) is 1. The van der Waals surface area contributed by atoms with Crippen molar-refractivity contribution in [3.8, 4) is 0 Å². The summed E-state index contributed by atoms with van der Waals surface area (Å²) in [7, 11) is 0. The third kappa shape index (κ3) is 3.12. The number of carbonyl (C=O) groups is 1. The molecular formula is C22H16N2O. The Hall–Kier alpha value is -3.46. The van der Waals surface area contributed by atoms with E-state index in [9.17, 15) is 4.79 Å². The highest BCUT2D eigenvalue weighted by atomic mass is 16.1. The molecule has 120 valence electrons. The lowest BCUT2D eigenvalue weighted by Crippen LogP contribution is -2.04. The van der Waals surface area contributed by atoms with Gasteiger partial charge in [-0.1, -0.05) is 72.8 Å². The molecular weight excluding hydrogens is 308 g/mol. The van der Waals surface area contributed by atoms with Crippen molar-refractivity contribution < 1.29 is 4.79 Å². The second-order valence-electron chi connectivity index (χ2n) is 5.77. The number of aromatic amines is 1. The van der Waals surface area contributed by atoms with E-state index in [2.05, 4.69) is 9.97 Å². The summed E-state index contributed by atoms with van der Waals surface area (Å²) in [5.74, 6) is 0.530. The van der Waals surface area contributed by atoms with E-state index in [1.807, 2.05) is 91.0 Å². The molecule has 0 radical (unpaired) electrons. The number of Topliss-reactive ketones (excluding diaryl/α,β-unsaturated/α-hetero) is 1. The molecule has 25 heavy (non-hydrogen) atoms. The Morgan fingerprint density at radius 1 is 0.800 bits per heavy atom. The molecule has 0 saturated heterocycles. The Kier molecular flexibility index (Phi) is 3.97. The van der Waals surface area contributed by atoms with Crippen LogP contribution in [0.15, 0.2) is 84.9 Å². The minimum absolute atomic E-state index is 0.0523. The third-order valence-corrected chi connectivity index (χ3v) is 4.04. The first-order valence-electron chi connectivity index (χ1n) is 8.13. The van der Waals surface area contributed by atoms with Crippen molar-refractivity contribution in [1.29, 1.82) is 0 Å². The molecule has 0 aliphatic heterocycles. The van der Waals surface area contributed by atoms with Crippen LogP contribution in [0.3, 0.4) is 0 Å². The Balaban J connectivity index is 1.86. The Morgan fingerprint density at radius 3 is 2.16 bits per heavy atom. The zero-order chi connectivity index (χ0) is 17.1. The van der Waals surface area contributed by atoms with E-state index < -0.39 is 0 Å². The largest absolute Gasteiger partial charge is 0.338 e. The normalized spacial score (nSPS) is 11.6. The van der Waals surface area contributed by atoms with Gasteiger partial charge in [0, 0.05) is 5.56 Å². The predicted molar refractivity (Wildman–Crippen MR) is 101 cm³/mol. The maximum Gasteiger partial charge on any atom is 0.196 e. The van der Waals surface area contributed by atoms with Gasteiger partial charge in [0.2, 0.25) is 0 Å². The Morgan fingerprint density at radius 2 is 1.44 bits per heavy atom. The second kappa shape index (κ2) is 6.57. The summed E-state index contributed by atoms with van der Waals surface area (Å²) >= 11 is 0. The molecule has 0 fully saturated rings. The van der Waals surface area contributed by atoms with E-state index >= 15 is 0 Å². The van der Waals surface area contributed by atoms with Crippen LogP contribution in [0.2, 0.25) is 0 Å². The Labute approximate surface area is 145 Å². The molecule has 0 spiro atoms. The number of H-pyrrole nitrogens is 1. The van der Waals surface area contributed by atoms with E-state index in [4.69, 9.17) is 0 Å². The number of nitrogens with zero attached hydrogens (tertiary/aromatic N) is 1. The van der Waals surface area contributed by atoms with Gasteiger partial charge >= 0.3 is 0 Å². The number of allylic oxidation sites excluding steroid dienone is 1. The number of carbonyl (C=O) groups excluding carboxylic acids is 1. The minimum atomic E-state index is -0.0523. The van der Waals surface area contributed by atoms with E-state index in [0.717, 1.165) is 16.6 Å². The van der Waals surface area contributed by atoms with Crippen molar-refractivity contribution in [2.75, 3.05) is 0 Å². The van der Waals surface area contributed by atoms with Gasteiger partial charge in [-0.15, -0.1) is 0 Å². The summed E-state index contributed by atoms with van der Waals surface area (Å²) in [6.45, 7) is 0. The average Bonchev–Trinajstić information content (AvgIpc) is 3.11. The first-order valence-corrected chi connectivity index (χ1v) is 8.13. The van der Waals surface area contributed by atoms with Crippen LogP contribution < -0.4 is 0 Å². The second-order valence-corrected chi connectivity index (χ2v) is 5.77. The number of para-hydroxylation sites is 2. The monoisotopic (exact) mass is 324 g/mol. The first kappa shape index (κ1) is 15.1. The SMILES string of the molecule is O=C(C(=Cc1ccccc1)c1nc2ccccc2[nH]1)c1ccccc1. The molecule has 1 heterocycles.